The predicted octanol–water partition coefficient (Wildman–Crippen LogP) is 7.61. The molecule has 0 atom stereocenters. The summed E-state index contributed by atoms with van der Waals surface area (Å²) in [5.74, 6) is 3.85. The minimum absolute atomic E-state index is 0.129. The molecule has 7 rings (SSSR count). The first-order valence-corrected chi connectivity index (χ1v) is 13.6. The van der Waals surface area contributed by atoms with E-state index < -0.39 is 0 Å². The lowest BCUT2D eigenvalue weighted by molar-refractivity contribution is -0.0347. The minimum atomic E-state index is -0.129. The summed E-state index contributed by atoms with van der Waals surface area (Å²) < 4.78 is 1.75. The topological polar surface area (TPSA) is 46.9 Å². The number of carbonyl (C=O) groups is 1. The highest BCUT2D eigenvalue weighted by Crippen LogP contribution is 2.56. The molecule has 1 amide bonds. The van der Waals surface area contributed by atoms with Crippen molar-refractivity contribution in [3.05, 3.63) is 68.8 Å². The zero-order chi connectivity index (χ0) is 24.3. The lowest BCUT2D eigenvalue weighted by Crippen LogP contribution is -2.49. The fraction of sp³-hybridized carbons (Fsp3) is 0.429. The highest BCUT2D eigenvalue weighted by molar-refractivity contribution is 6.35. The summed E-state index contributed by atoms with van der Waals surface area (Å²) in [7, 11) is 0. The smallest absolute Gasteiger partial charge is 0.272 e. The van der Waals surface area contributed by atoms with Gasteiger partial charge in [0.05, 0.1) is 16.4 Å². The van der Waals surface area contributed by atoms with Crippen LogP contribution in [0.3, 0.4) is 0 Å². The van der Waals surface area contributed by atoms with Crippen LogP contribution in [0.1, 0.15) is 48.2 Å². The van der Waals surface area contributed by atoms with Gasteiger partial charge in [0, 0.05) is 27.7 Å². The Morgan fingerprint density at radius 2 is 1.57 bits per heavy atom. The van der Waals surface area contributed by atoms with E-state index in [2.05, 4.69) is 5.32 Å². The predicted molar refractivity (Wildman–Crippen MR) is 142 cm³/mol. The van der Waals surface area contributed by atoms with E-state index in [4.69, 9.17) is 39.9 Å². The van der Waals surface area contributed by atoms with Crippen LogP contribution < -0.4 is 5.32 Å². The average molecular weight is 529 g/mol. The van der Waals surface area contributed by atoms with Crippen LogP contribution in [0.25, 0.3) is 16.9 Å². The zero-order valence-electron chi connectivity index (χ0n) is 19.6. The first-order valence-electron chi connectivity index (χ1n) is 12.5. The SMILES string of the molecule is Cc1c(C(=O)NCC2[C@H]3C[C@@H]4C[C@@H](C[C@H]2C4)C3)nn(-c2ccc(Cl)cc2Cl)c1-c1ccc(Cl)cc1. The summed E-state index contributed by atoms with van der Waals surface area (Å²) in [5, 5.41) is 9.69. The van der Waals surface area contributed by atoms with Gasteiger partial charge in [-0.15, -0.1) is 0 Å². The second-order valence-corrected chi connectivity index (χ2v) is 11.9. The Kier molecular flexibility index (Phi) is 6.11. The average Bonchev–Trinajstić information content (AvgIpc) is 3.15. The van der Waals surface area contributed by atoms with Gasteiger partial charge in [-0.25, -0.2) is 4.68 Å². The fourth-order valence-corrected chi connectivity index (χ4v) is 7.77. The molecule has 0 unspecified atom stereocenters. The Balaban J connectivity index is 1.32. The molecule has 0 spiro atoms. The number of hydrogen-bond acceptors (Lipinski definition) is 2. The van der Waals surface area contributed by atoms with E-state index in [9.17, 15) is 4.79 Å². The summed E-state index contributed by atoms with van der Waals surface area (Å²) in [6.45, 7) is 2.67. The molecule has 0 saturated heterocycles. The van der Waals surface area contributed by atoms with Crippen molar-refractivity contribution < 1.29 is 4.79 Å². The maximum atomic E-state index is 13.5. The van der Waals surface area contributed by atoms with E-state index in [0.717, 1.165) is 47.0 Å². The monoisotopic (exact) mass is 527 g/mol. The van der Waals surface area contributed by atoms with Crippen LogP contribution in [0.5, 0.6) is 0 Å². The normalized spacial score (nSPS) is 26.8. The molecule has 182 valence electrons. The summed E-state index contributed by atoms with van der Waals surface area (Å²) in [4.78, 5) is 13.5. The summed E-state index contributed by atoms with van der Waals surface area (Å²) in [6.07, 6.45) is 6.81. The van der Waals surface area contributed by atoms with Crippen molar-refractivity contribution in [3.8, 4) is 16.9 Å². The van der Waals surface area contributed by atoms with Crippen molar-refractivity contribution in [3.63, 3.8) is 0 Å². The van der Waals surface area contributed by atoms with E-state index in [1.165, 1.54) is 32.1 Å². The summed E-state index contributed by atoms with van der Waals surface area (Å²) in [5.41, 5.74) is 3.62. The number of hydrogen-bond donors (Lipinski definition) is 1. The molecule has 1 aromatic heterocycles. The van der Waals surface area contributed by atoms with Gasteiger partial charge in [-0.05, 0) is 98.9 Å². The van der Waals surface area contributed by atoms with Crippen molar-refractivity contribution >= 4 is 40.7 Å². The van der Waals surface area contributed by atoms with Gasteiger partial charge in [0.25, 0.3) is 5.91 Å². The number of carbonyl (C=O) groups excluding carboxylic acids is 1. The first kappa shape index (κ1) is 23.4. The second-order valence-electron chi connectivity index (χ2n) is 10.6. The van der Waals surface area contributed by atoms with Crippen molar-refractivity contribution in [2.75, 3.05) is 6.54 Å². The van der Waals surface area contributed by atoms with Gasteiger partial charge in [-0.1, -0.05) is 46.9 Å². The molecular weight excluding hydrogens is 501 g/mol. The van der Waals surface area contributed by atoms with E-state index in [0.29, 0.717) is 32.4 Å². The molecule has 3 aromatic rings. The van der Waals surface area contributed by atoms with Crippen LogP contribution in [0.2, 0.25) is 15.1 Å². The minimum Gasteiger partial charge on any atom is -0.350 e. The molecule has 1 heterocycles. The molecule has 7 heteroatoms. The molecule has 4 nitrogen and oxygen atoms in total. The third-order valence-corrected chi connectivity index (χ3v) is 9.30. The molecule has 2 aromatic carbocycles. The number of benzene rings is 2. The Morgan fingerprint density at radius 1 is 0.943 bits per heavy atom. The summed E-state index contributed by atoms with van der Waals surface area (Å²) >= 11 is 18.8. The van der Waals surface area contributed by atoms with Crippen LogP contribution in [0.4, 0.5) is 0 Å². The first-order chi connectivity index (χ1) is 16.9. The molecule has 4 aliphatic rings. The number of amides is 1. The largest absolute Gasteiger partial charge is 0.350 e. The van der Waals surface area contributed by atoms with Crippen molar-refractivity contribution in [1.29, 1.82) is 0 Å². The molecule has 0 aliphatic heterocycles. The Labute approximate surface area is 221 Å². The molecule has 35 heavy (non-hydrogen) atoms. The lowest BCUT2D eigenvalue weighted by atomic mass is 9.52. The van der Waals surface area contributed by atoms with Crippen molar-refractivity contribution in [2.24, 2.45) is 29.6 Å². The fourth-order valence-electron chi connectivity index (χ4n) is 7.15. The Hall–Kier alpha value is -2.01. The van der Waals surface area contributed by atoms with Gasteiger partial charge >= 0.3 is 0 Å². The zero-order valence-corrected chi connectivity index (χ0v) is 21.9. The van der Waals surface area contributed by atoms with Gasteiger partial charge in [-0.3, -0.25) is 4.79 Å². The van der Waals surface area contributed by atoms with Crippen LogP contribution >= 0.6 is 34.8 Å². The highest BCUT2D eigenvalue weighted by atomic mass is 35.5. The third-order valence-electron chi connectivity index (χ3n) is 8.51. The molecule has 1 N–H and O–H groups in total. The van der Waals surface area contributed by atoms with Crippen molar-refractivity contribution in [1.82, 2.24) is 15.1 Å². The molecular formula is C28H28Cl3N3O. The summed E-state index contributed by atoms with van der Waals surface area (Å²) in [6, 6.07) is 12.8. The van der Waals surface area contributed by atoms with E-state index in [1.54, 1.807) is 16.8 Å². The molecule has 0 radical (unpaired) electrons. The van der Waals surface area contributed by atoms with Gasteiger partial charge in [0.15, 0.2) is 5.69 Å². The van der Waals surface area contributed by atoms with Crippen LogP contribution in [-0.2, 0) is 0 Å². The van der Waals surface area contributed by atoms with E-state index in [1.807, 2.05) is 37.3 Å². The second kappa shape index (κ2) is 9.14. The van der Waals surface area contributed by atoms with Crippen molar-refractivity contribution in [2.45, 2.75) is 39.0 Å². The highest BCUT2D eigenvalue weighted by Gasteiger charge is 2.48. The quantitative estimate of drug-likeness (QED) is 0.370. The lowest BCUT2D eigenvalue weighted by Gasteiger charge is -2.54. The molecule has 4 aliphatic carbocycles. The number of rotatable bonds is 5. The number of nitrogens with zero attached hydrogens (tertiary/aromatic N) is 2. The maximum absolute atomic E-state index is 13.5. The third kappa shape index (κ3) is 4.28. The van der Waals surface area contributed by atoms with E-state index >= 15 is 0 Å². The number of nitrogens with one attached hydrogen (secondary N) is 1. The van der Waals surface area contributed by atoms with Crippen LogP contribution in [0, 0.1) is 36.5 Å². The molecule has 4 saturated carbocycles. The van der Waals surface area contributed by atoms with E-state index in [-0.39, 0.29) is 5.91 Å². The maximum Gasteiger partial charge on any atom is 0.272 e. The van der Waals surface area contributed by atoms with Gasteiger partial charge < -0.3 is 5.32 Å². The van der Waals surface area contributed by atoms with Gasteiger partial charge in [0.2, 0.25) is 0 Å². The standard InChI is InChI=1S/C28H28Cl3N3O/c1-15-26(28(35)32-14-23-19-9-16-8-17(11-19)12-20(23)10-16)33-34(25-7-6-22(30)13-24(25)31)27(15)18-2-4-21(29)5-3-18/h2-7,13,16-17,19-20,23H,8-12,14H2,1H3,(H,32,35)/t16-,17+,19-,20+,23?. The Morgan fingerprint density at radius 3 is 2.20 bits per heavy atom. The van der Waals surface area contributed by atoms with Gasteiger partial charge in [0.1, 0.15) is 0 Å². The van der Waals surface area contributed by atoms with Crippen LogP contribution in [0.15, 0.2) is 42.5 Å². The van der Waals surface area contributed by atoms with Crippen LogP contribution in [-0.4, -0.2) is 22.2 Å². The number of aromatic nitrogens is 2. The molecule has 4 fully saturated rings. The Bertz CT molecular complexity index is 1260. The van der Waals surface area contributed by atoms with Gasteiger partial charge in [-0.2, -0.15) is 5.10 Å². The number of halogens is 3. The molecule has 4 bridgehead atoms.